The van der Waals surface area contributed by atoms with Gasteiger partial charge in [-0.25, -0.2) is 22.6 Å². The van der Waals surface area contributed by atoms with Crippen LogP contribution in [0.4, 0.5) is 10.1 Å². The van der Waals surface area contributed by atoms with E-state index in [0.717, 1.165) is 24.4 Å². The van der Waals surface area contributed by atoms with Crippen molar-refractivity contribution in [2.75, 3.05) is 11.8 Å². The van der Waals surface area contributed by atoms with Crippen LogP contribution in [0.15, 0.2) is 41.4 Å². The van der Waals surface area contributed by atoms with Gasteiger partial charge in [-0.05, 0) is 24.3 Å². The van der Waals surface area contributed by atoms with Crippen LogP contribution < -0.4 is 9.46 Å². The van der Waals surface area contributed by atoms with E-state index in [2.05, 4.69) is 4.98 Å². The van der Waals surface area contributed by atoms with Crippen LogP contribution in [0.25, 0.3) is 0 Å². The molecule has 9 heteroatoms. The Hall–Kier alpha value is -2.68. The minimum Gasteiger partial charge on any atom is -0.481 e. The van der Waals surface area contributed by atoms with E-state index in [9.17, 15) is 17.6 Å². The number of anilines is 1. The van der Waals surface area contributed by atoms with Gasteiger partial charge in [0.05, 0.1) is 24.6 Å². The molecular weight excluding hydrogens is 315 g/mol. The molecular formula is C13H11FN2O5S. The second-order valence-corrected chi connectivity index (χ2v) is 5.82. The van der Waals surface area contributed by atoms with Gasteiger partial charge in [0.1, 0.15) is 10.7 Å². The number of sulfonamides is 1. The van der Waals surface area contributed by atoms with E-state index in [1.165, 1.54) is 19.2 Å². The first-order chi connectivity index (χ1) is 10.3. The third-order valence-electron chi connectivity index (χ3n) is 2.69. The molecule has 116 valence electrons. The van der Waals surface area contributed by atoms with Crippen LogP contribution in [0, 0.1) is 5.82 Å². The fourth-order valence-corrected chi connectivity index (χ4v) is 2.59. The van der Waals surface area contributed by atoms with Crippen molar-refractivity contribution in [1.29, 1.82) is 0 Å². The van der Waals surface area contributed by atoms with Crippen molar-refractivity contribution in [2.24, 2.45) is 0 Å². The molecule has 0 saturated heterocycles. The highest BCUT2D eigenvalue weighted by Gasteiger charge is 2.18. The summed E-state index contributed by atoms with van der Waals surface area (Å²) in [6.45, 7) is 0. The molecule has 2 N–H and O–H groups in total. The van der Waals surface area contributed by atoms with E-state index in [-0.39, 0.29) is 16.3 Å². The number of halogens is 1. The summed E-state index contributed by atoms with van der Waals surface area (Å²) in [6.07, 6.45) is 1.04. The molecule has 1 aromatic carbocycles. The van der Waals surface area contributed by atoms with E-state index in [1.807, 2.05) is 4.72 Å². The van der Waals surface area contributed by atoms with Crippen molar-refractivity contribution >= 4 is 21.7 Å². The maximum atomic E-state index is 13.6. The summed E-state index contributed by atoms with van der Waals surface area (Å²) in [5, 5.41) is 8.85. The summed E-state index contributed by atoms with van der Waals surface area (Å²) in [6, 6.07) is 5.36. The lowest BCUT2D eigenvalue weighted by molar-refractivity contribution is 0.0697. The molecule has 2 aromatic rings. The Morgan fingerprint density at radius 2 is 2.05 bits per heavy atom. The Kier molecular flexibility index (Phi) is 4.27. The van der Waals surface area contributed by atoms with E-state index in [4.69, 9.17) is 9.84 Å². The summed E-state index contributed by atoms with van der Waals surface area (Å²) in [7, 11) is -2.73. The standard InChI is InChI=1S/C13H11FN2O5S/c1-21-12-5-3-9(7-15-12)22(19,20)16-11-6-8(13(17)18)2-4-10(11)14/h2-7,16H,1H3,(H,17,18). The number of benzene rings is 1. The predicted octanol–water partition coefficient (Wildman–Crippen LogP) is 1.73. The van der Waals surface area contributed by atoms with Gasteiger partial charge in [-0.3, -0.25) is 4.72 Å². The number of carbonyl (C=O) groups is 1. The zero-order valence-electron chi connectivity index (χ0n) is 11.3. The average Bonchev–Trinajstić information content (AvgIpc) is 2.49. The number of carboxylic acid groups (broad SMARTS) is 1. The highest BCUT2D eigenvalue weighted by molar-refractivity contribution is 7.92. The first-order valence-corrected chi connectivity index (χ1v) is 7.37. The molecule has 0 saturated carbocycles. The molecule has 22 heavy (non-hydrogen) atoms. The maximum Gasteiger partial charge on any atom is 0.335 e. The first-order valence-electron chi connectivity index (χ1n) is 5.89. The van der Waals surface area contributed by atoms with Crippen LogP contribution >= 0.6 is 0 Å². The summed E-state index contributed by atoms with van der Waals surface area (Å²) in [5.74, 6) is -1.97. The quantitative estimate of drug-likeness (QED) is 0.867. The second kappa shape index (κ2) is 5.98. The Labute approximate surface area is 125 Å². The van der Waals surface area contributed by atoms with Gasteiger partial charge in [0, 0.05) is 6.07 Å². The number of aromatic nitrogens is 1. The topological polar surface area (TPSA) is 106 Å². The van der Waals surface area contributed by atoms with Gasteiger partial charge in [-0.2, -0.15) is 0 Å². The molecule has 0 spiro atoms. The molecule has 0 aliphatic carbocycles. The molecule has 7 nitrogen and oxygen atoms in total. The minimum atomic E-state index is -4.10. The molecule has 0 unspecified atom stereocenters. The molecule has 0 aliphatic rings. The fraction of sp³-hybridized carbons (Fsp3) is 0.0769. The monoisotopic (exact) mass is 326 g/mol. The highest BCUT2D eigenvalue weighted by Crippen LogP contribution is 2.21. The lowest BCUT2D eigenvalue weighted by atomic mass is 10.2. The van der Waals surface area contributed by atoms with Crippen molar-refractivity contribution in [3.8, 4) is 5.88 Å². The fourth-order valence-electron chi connectivity index (χ4n) is 1.59. The summed E-state index contributed by atoms with van der Waals surface area (Å²) >= 11 is 0. The zero-order chi connectivity index (χ0) is 16.3. The summed E-state index contributed by atoms with van der Waals surface area (Å²) in [4.78, 5) is 14.4. The van der Waals surface area contributed by atoms with Gasteiger partial charge >= 0.3 is 5.97 Å². The van der Waals surface area contributed by atoms with E-state index >= 15 is 0 Å². The van der Waals surface area contributed by atoms with E-state index in [0.29, 0.717) is 0 Å². The molecule has 0 amide bonds. The van der Waals surface area contributed by atoms with Crippen molar-refractivity contribution in [2.45, 2.75) is 4.90 Å². The third-order valence-corrected chi connectivity index (χ3v) is 4.04. The van der Waals surface area contributed by atoms with Gasteiger partial charge in [-0.15, -0.1) is 0 Å². The number of methoxy groups -OCH3 is 1. The van der Waals surface area contributed by atoms with Crippen LogP contribution in [0.2, 0.25) is 0 Å². The number of aromatic carboxylic acids is 1. The van der Waals surface area contributed by atoms with Crippen molar-refractivity contribution in [3.05, 3.63) is 47.9 Å². The van der Waals surface area contributed by atoms with Gasteiger partial charge < -0.3 is 9.84 Å². The molecule has 0 fully saturated rings. The molecule has 0 bridgehead atoms. The highest BCUT2D eigenvalue weighted by atomic mass is 32.2. The molecule has 0 atom stereocenters. The largest absolute Gasteiger partial charge is 0.481 e. The molecule has 2 rings (SSSR count). The minimum absolute atomic E-state index is 0.214. The lowest BCUT2D eigenvalue weighted by Crippen LogP contribution is -2.15. The summed E-state index contributed by atoms with van der Waals surface area (Å²) in [5.41, 5.74) is -0.706. The Bertz CT molecular complexity index is 806. The van der Waals surface area contributed by atoms with Crippen molar-refractivity contribution < 1.29 is 27.4 Å². The number of hydrogen-bond acceptors (Lipinski definition) is 5. The lowest BCUT2D eigenvalue weighted by Gasteiger charge is -2.09. The van der Waals surface area contributed by atoms with Crippen LogP contribution in [0.1, 0.15) is 10.4 Å². The van der Waals surface area contributed by atoms with Gasteiger partial charge in [0.15, 0.2) is 0 Å². The third kappa shape index (κ3) is 3.31. The number of rotatable bonds is 5. The van der Waals surface area contributed by atoms with E-state index in [1.54, 1.807) is 0 Å². The normalized spacial score (nSPS) is 11.0. The smallest absolute Gasteiger partial charge is 0.335 e. The number of pyridine rings is 1. The van der Waals surface area contributed by atoms with Crippen LogP contribution in [-0.4, -0.2) is 31.6 Å². The molecule has 0 radical (unpaired) electrons. The number of hydrogen-bond donors (Lipinski definition) is 2. The Morgan fingerprint density at radius 1 is 1.32 bits per heavy atom. The van der Waals surface area contributed by atoms with Gasteiger partial charge in [0.25, 0.3) is 10.0 Å². The van der Waals surface area contributed by atoms with Crippen molar-refractivity contribution in [1.82, 2.24) is 4.98 Å². The molecule has 1 heterocycles. The van der Waals surface area contributed by atoms with Crippen LogP contribution in [0.3, 0.4) is 0 Å². The first kappa shape index (κ1) is 15.7. The SMILES string of the molecule is COc1ccc(S(=O)(=O)Nc2cc(C(=O)O)ccc2F)cn1. The maximum absolute atomic E-state index is 13.6. The number of ether oxygens (including phenoxy) is 1. The molecule has 0 aliphatic heterocycles. The number of nitrogens with zero attached hydrogens (tertiary/aromatic N) is 1. The van der Waals surface area contributed by atoms with Crippen molar-refractivity contribution in [3.63, 3.8) is 0 Å². The van der Waals surface area contributed by atoms with Gasteiger partial charge in [0.2, 0.25) is 5.88 Å². The second-order valence-electron chi connectivity index (χ2n) is 4.14. The number of carboxylic acids is 1. The van der Waals surface area contributed by atoms with Gasteiger partial charge in [-0.1, -0.05) is 0 Å². The van der Waals surface area contributed by atoms with E-state index < -0.39 is 27.5 Å². The molecule has 1 aromatic heterocycles. The predicted molar refractivity (Wildman–Crippen MR) is 75.0 cm³/mol. The zero-order valence-corrected chi connectivity index (χ0v) is 12.1. The average molecular weight is 326 g/mol. The number of nitrogens with one attached hydrogen (secondary N) is 1. The summed E-state index contributed by atoms with van der Waals surface area (Å²) < 4.78 is 44.7. The van der Waals surface area contributed by atoms with Crippen LogP contribution in [-0.2, 0) is 10.0 Å². The van der Waals surface area contributed by atoms with Crippen LogP contribution in [0.5, 0.6) is 5.88 Å². The Balaban J connectivity index is 2.35. The Morgan fingerprint density at radius 3 is 2.59 bits per heavy atom.